The first-order valence-corrected chi connectivity index (χ1v) is 13.9. The van der Waals surface area contributed by atoms with Gasteiger partial charge in [0.05, 0.1) is 20.6 Å². The molecule has 0 aromatic heterocycles. The van der Waals surface area contributed by atoms with Crippen LogP contribution in [0.2, 0.25) is 10.0 Å². The van der Waals surface area contributed by atoms with Crippen LogP contribution in [0.5, 0.6) is 0 Å². The zero-order valence-corrected chi connectivity index (χ0v) is 23.1. The molecule has 3 aromatic carbocycles. The molecule has 196 valence electrons. The molecule has 0 aliphatic carbocycles. The molecule has 1 N–H and O–H groups in total. The van der Waals surface area contributed by atoms with E-state index in [9.17, 15) is 18.0 Å². The second kappa shape index (κ2) is 12.4. The number of rotatable bonds is 10. The first-order chi connectivity index (χ1) is 17.5. The van der Waals surface area contributed by atoms with E-state index in [1.165, 1.54) is 29.2 Å². The van der Waals surface area contributed by atoms with Crippen LogP contribution in [0.25, 0.3) is 0 Å². The molecular formula is C27H29Cl2N3O4S. The maximum absolute atomic E-state index is 13.8. The first-order valence-electron chi connectivity index (χ1n) is 11.7. The third-order valence-corrected chi connectivity index (χ3v) is 8.19. The summed E-state index contributed by atoms with van der Waals surface area (Å²) in [6, 6.07) is 20.5. The van der Waals surface area contributed by atoms with Crippen molar-refractivity contribution < 1.29 is 18.0 Å². The largest absolute Gasteiger partial charge is 0.352 e. The van der Waals surface area contributed by atoms with E-state index >= 15 is 0 Å². The van der Waals surface area contributed by atoms with Crippen molar-refractivity contribution in [3.05, 3.63) is 94.5 Å². The van der Waals surface area contributed by atoms with Crippen LogP contribution >= 0.6 is 23.2 Å². The smallest absolute Gasteiger partial charge is 0.264 e. The van der Waals surface area contributed by atoms with Gasteiger partial charge in [0.15, 0.2) is 0 Å². The van der Waals surface area contributed by atoms with Crippen LogP contribution in [-0.2, 0) is 26.2 Å². The highest BCUT2D eigenvalue weighted by atomic mass is 35.5. The highest BCUT2D eigenvalue weighted by Gasteiger charge is 2.33. The Morgan fingerprint density at radius 1 is 0.865 bits per heavy atom. The number of hydrogen-bond donors (Lipinski definition) is 1. The lowest BCUT2D eigenvalue weighted by atomic mass is 10.1. The molecule has 0 unspecified atom stereocenters. The lowest BCUT2D eigenvalue weighted by Crippen LogP contribution is -2.52. The van der Waals surface area contributed by atoms with Crippen molar-refractivity contribution in [2.75, 3.05) is 10.8 Å². The summed E-state index contributed by atoms with van der Waals surface area (Å²) in [5.74, 6) is -0.927. The molecule has 0 spiro atoms. The summed E-state index contributed by atoms with van der Waals surface area (Å²) >= 11 is 12.6. The van der Waals surface area contributed by atoms with Crippen LogP contribution in [0.3, 0.4) is 0 Å². The van der Waals surface area contributed by atoms with Gasteiger partial charge in [0.1, 0.15) is 12.6 Å². The second-order valence-corrected chi connectivity index (χ2v) is 11.4. The van der Waals surface area contributed by atoms with Gasteiger partial charge in [-0.2, -0.15) is 0 Å². The molecule has 37 heavy (non-hydrogen) atoms. The number of sulfonamides is 1. The van der Waals surface area contributed by atoms with Gasteiger partial charge in [-0.25, -0.2) is 8.42 Å². The lowest BCUT2D eigenvalue weighted by molar-refractivity contribution is -0.139. The van der Waals surface area contributed by atoms with Gasteiger partial charge < -0.3 is 10.2 Å². The summed E-state index contributed by atoms with van der Waals surface area (Å²) in [7, 11) is -4.22. The van der Waals surface area contributed by atoms with E-state index in [0.717, 1.165) is 9.87 Å². The predicted molar refractivity (Wildman–Crippen MR) is 147 cm³/mol. The fourth-order valence-corrected chi connectivity index (χ4v) is 5.58. The van der Waals surface area contributed by atoms with E-state index in [1.807, 2.05) is 44.2 Å². The highest BCUT2D eigenvalue weighted by molar-refractivity contribution is 7.92. The van der Waals surface area contributed by atoms with E-state index < -0.39 is 28.5 Å². The number of anilines is 1. The number of carbonyl (C=O) groups excluding carboxylic acids is 2. The summed E-state index contributed by atoms with van der Waals surface area (Å²) < 4.78 is 28.4. The van der Waals surface area contributed by atoms with Crippen LogP contribution in [0.4, 0.5) is 5.69 Å². The van der Waals surface area contributed by atoms with E-state index in [0.29, 0.717) is 0 Å². The molecule has 0 saturated heterocycles. The number of benzene rings is 3. The molecule has 1 atom stereocenters. The van der Waals surface area contributed by atoms with Crippen molar-refractivity contribution in [2.24, 2.45) is 0 Å². The Hall–Kier alpha value is -3.07. The van der Waals surface area contributed by atoms with Crippen molar-refractivity contribution in [2.45, 2.75) is 44.3 Å². The minimum atomic E-state index is -4.22. The molecule has 0 aliphatic rings. The summed E-state index contributed by atoms with van der Waals surface area (Å²) in [4.78, 5) is 28.0. The van der Waals surface area contributed by atoms with Crippen molar-refractivity contribution in [3.63, 3.8) is 0 Å². The lowest BCUT2D eigenvalue weighted by Gasteiger charge is -2.32. The van der Waals surface area contributed by atoms with Crippen molar-refractivity contribution >= 4 is 50.7 Å². The van der Waals surface area contributed by atoms with Gasteiger partial charge >= 0.3 is 0 Å². The molecule has 3 rings (SSSR count). The monoisotopic (exact) mass is 561 g/mol. The van der Waals surface area contributed by atoms with Gasteiger partial charge in [-0.15, -0.1) is 0 Å². The molecule has 0 radical (unpaired) electrons. The summed E-state index contributed by atoms with van der Waals surface area (Å²) in [5.41, 5.74) is 0.851. The fourth-order valence-electron chi connectivity index (χ4n) is 3.69. The molecule has 7 nitrogen and oxygen atoms in total. The first kappa shape index (κ1) is 28.5. The van der Waals surface area contributed by atoms with Gasteiger partial charge in [-0.05, 0) is 50.6 Å². The third-order valence-electron chi connectivity index (χ3n) is 5.60. The normalized spacial score (nSPS) is 12.2. The third kappa shape index (κ3) is 7.03. The standard InChI is InChI=1S/C27H29Cl2N3O4S/c1-19(2)30-27(34)20(3)31(17-21-11-6-4-7-12-21)25(33)18-32(24-16-10-15-23(28)26(24)29)37(35,36)22-13-8-5-9-14-22/h4-16,19-20H,17-18H2,1-3H3,(H,30,34)/t20-/m0/s1. The molecular weight excluding hydrogens is 533 g/mol. The highest BCUT2D eigenvalue weighted by Crippen LogP contribution is 2.35. The number of carbonyl (C=O) groups is 2. The van der Waals surface area contributed by atoms with Crippen LogP contribution < -0.4 is 9.62 Å². The number of nitrogens with one attached hydrogen (secondary N) is 1. The Morgan fingerprint density at radius 3 is 2.05 bits per heavy atom. The van der Waals surface area contributed by atoms with Gasteiger partial charge in [-0.1, -0.05) is 77.8 Å². The minimum absolute atomic E-state index is 0.00307. The average Bonchev–Trinajstić information content (AvgIpc) is 2.88. The summed E-state index contributed by atoms with van der Waals surface area (Å²) in [6.07, 6.45) is 0. The van der Waals surface area contributed by atoms with Crippen LogP contribution in [-0.4, -0.2) is 43.8 Å². The molecule has 0 bridgehead atoms. The van der Waals surface area contributed by atoms with Crippen LogP contribution in [0.15, 0.2) is 83.8 Å². The Balaban J connectivity index is 2.05. The summed E-state index contributed by atoms with van der Waals surface area (Å²) in [5, 5.41) is 2.96. The zero-order chi connectivity index (χ0) is 27.2. The van der Waals surface area contributed by atoms with Crippen LogP contribution in [0, 0.1) is 0 Å². The molecule has 2 amide bonds. The van der Waals surface area contributed by atoms with Gasteiger partial charge in [0, 0.05) is 12.6 Å². The Labute approximate surface area is 228 Å². The van der Waals surface area contributed by atoms with E-state index in [2.05, 4.69) is 5.32 Å². The molecule has 0 saturated carbocycles. The van der Waals surface area contributed by atoms with Crippen molar-refractivity contribution in [3.8, 4) is 0 Å². The number of hydrogen-bond acceptors (Lipinski definition) is 4. The van der Waals surface area contributed by atoms with E-state index in [-0.39, 0.29) is 39.1 Å². The van der Waals surface area contributed by atoms with Gasteiger partial charge in [0.2, 0.25) is 11.8 Å². The predicted octanol–water partition coefficient (Wildman–Crippen LogP) is 5.13. The van der Waals surface area contributed by atoms with Crippen molar-refractivity contribution in [1.29, 1.82) is 0 Å². The van der Waals surface area contributed by atoms with E-state index in [4.69, 9.17) is 23.2 Å². The van der Waals surface area contributed by atoms with Crippen LogP contribution in [0.1, 0.15) is 26.3 Å². The minimum Gasteiger partial charge on any atom is -0.352 e. The molecule has 0 fully saturated rings. The number of amides is 2. The van der Waals surface area contributed by atoms with Crippen molar-refractivity contribution in [1.82, 2.24) is 10.2 Å². The Kier molecular flexibility index (Phi) is 9.59. The quantitative estimate of drug-likeness (QED) is 0.371. The molecule has 10 heteroatoms. The maximum Gasteiger partial charge on any atom is 0.264 e. The number of halogens is 2. The second-order valence-electron chi connectivity index (χ2n) is 8.74. The molecule has 0 aliphatic heterocycles. The fraction of sp³-hybridized carbons (Fsp3) is 0.259. The molecule has 3 aromatic rings. The van der Waals surface area contributed by atoms with Gasteiger partial charge in [-0.3, -0.25) is 13.9 Å². The zero-order valence-electron chi connectivity index (χ0n) is 20.8. The topological polar surface area (TPSA) is 86.8 Å². The molecule has 0 heterocycles. The van der Waals surface area contributed by atoms with Gasteiger partial charge in [0.25, 0.3) is 10.0 Å². The number of nitrogens with zero attached hydrogens (tertiary/aromatic N) is 2. The summed E-state index contributed by atoms with van der Waals surface area (Å²) in [6.45, 7) is 4.77. The van der Waals surface area contributed by atoms with E-state index in [1.54, 1.807) is 31.2 Å². The Bertz CT molecular complexity index is 1340. The maximum atomic E-state index is 13.8. The Morgan fingerprint density at radius 2 is 1.46 bits per heavy atom. The average molecular weight is 563 g/mol. The SMILES string of the molecule is CC(C)NC(=O)[C@H](C)N(Cc1ccccc1)C(=O)CN(c1cccc(Cl)c1Cl)S(=O)(=O)c1ccccc1.